The van der Waals surface area contributed by atoms with Crippen LogP contribution in [0.5, 0.6) is 5.75 Å². The predicted octanol–water partition coefficient (Wildman–Crippen LogP) is 11.6. The second-order valence-electron chi connectivity index (χ2n) is 15.9. The van der Waals surface area contributed by atoms with Crippen molar-refractivity contribution in [2.75, 3.05) is 31.2 Å². The fourth-order valence-electron chi connectivity index (χ4n) is 9.51. The average molecular weight is 740 g/mol. The van der Waals surface area contributed by atoms with E-state index in [9.17, 15) is 0 Å². The minimum absolute atomic E-state index is 0.201. The minimum Gasteiger partial charge on any atom is -0.472 e. The highest BCUT2D eigenvalue weighted by Crippen LogP contribution is 2.58. The van der Waals surface area contributed by atoms with E-state index in [-0.39, 0.29) is 5.41 Å². The van der Waals surface area contributed by atoms with Crippen LogP contribution in [0.4, 0.5) is 5.69 Å². The molecule has 8 aromatic rings. The summed E-state index contributed by atoms with van der Waals surface area (Å²) in [7, 11) is 0. The molecule has 276 valence electrons. The van der Waals surface area contributed by atoms with Crippen LogP contribution in [0.2, 0.25) is 0 Å². The fraction of sp³-hybridized carbons (Fsp3) is 0.154. The Morgan fingerprint density at radius 3 is 2.02 bits per heavy atom. The molecular formula is C52H41N3O2. The number of morpholine rings is 1. The maximum Gasteiger partial charge on any atom is 0.178 e. The Labute approximate surface area is 332 Å². The summed E-state index contributed by atoms with van der Waals surface area (Å²) >= 11 is 0. The highest BCUT2D eigenvalue weighted by molar-refractivity contribution is 6.08. The molecule has 1 aliphatic carbocycles. The van der Waals surface area contributed by atoms with Crippen LogP contribution in [-0.4, -0.2) is 36.3 Å². The van der Waals surface area contributed by atoms with E-state index in [1.165, 1.54) is 33.3 Å². The first-order valence-corrected chi connectivity index (χ1v) is 19.9. The zero-order chi connectivity index (χ0) is 38.1. The molecule has 1 unspecified atom stereocenters. The number of para-hydroxylation sites is 1. The highest BCUT2D eigenvalue weighted by Gasteiger charge is 2.44. The molecule has 0 N–H and O–H groups in total. The van der Waals surface area contributed by atoms with Crippen LogP contribution in [0.15, 0.2) is 158 Å². The lowest BCUT2D eigenvalue weighted by molar-refractivity contribution is 0.122. The minimum atomic E-state index is -0.902. The maximum atomic E-state index is 7.64. The van der Waals surface area contributed by atoms with Crippen LogP contribution in [0, 0.1) is 0 Å². The lowest BCUT2D eigenvalue weighted by atomic mass is 9.76. The summed E-state index contributed by atoms with van der Waals surface area (Å²) in [5.41, 5.74) is 12.5. The molecular weight excluding hydrogens is 699 g/mol. The second-order valence-corrected chi connectivity index (χ2v) is 15.9. The molecule has 0 amide bonds. The van der Waals surface area contributed by atoms with E-state index in [2.05, 4.69) is 164 Å². The number of fused-ring (bicyclic) bond motifs is 9. The Balaban J connectivity index is 1.08. The molecule has 0 radical (unpaired) electrons. The molecule has 0 spiro atoms. The van der Waals surface area contributed by atoms with Crippen LogP contribution < -0.4 is 9.64 Å². The average Bonchev–Trinajstić information content (AvgIpc) is 3.53. The van der Waals surface area contributed by atoms with Crippen LogP contribution in [0.1, 0.15) is 41.7 Å². The number of hydrogen-bond donors (Lipinski definition) is 0. The van der Waals surface area contributed by atoms with Crippen molar-refractivity contribution in [3.8, 4) is 39.5 Å². The van der Waals surface area contributed by atoms with Crippen molar-refractivity contribution in [3.05, 3.63) is 186 Å². The SMILES string of the molecule is CC1(C)c2ccccc2-c2c1c1c(c3ccccc23)OC(c2ccc(-c3nc(-c4ccccc4)c4ccccc4n3)cc2)(c2ccc(N3CCOCC3)cc2)C=C1. The van der Waals surface area contributed by atoms with Gasteiger partial charge < -0.3 is 14.4 Å². The van der Waals surface area contributed by atoms with Gasteiger partial charge in [-0.05, 0) is 51.9 Å². The smallest absolute Gasteiger partial charge is 0.178 e. The molecule has 0 bridgehead atoms. The summed E-state index contributed by atoms with van der Waals surface area (Å²) in [4.78, 5) is 12.6. The van der Waals surface area contributed by atoms with Gasteiger partial charge in [-0.15, -0.1) is 0 Å². The number of ether oxygens (including phenoxy) is 2. The third kappa shape index (κ3) is 5.26. The summed E-state index contributed by atoms with van der Waals surface area (Å²) < 4.78 is 13.3. The molecule has 7 aromatic carbocycles. The van der Waals surface area contributed by atoms with Gasteiger partial charge in [-0.2, -0.15) is 0 Å². The van der Waals surface area contributed by atoms with Crippen molar-refractivity contribution in [1.82, 2.24) is 9.97 Å². The van der Waals surface area contributed by atoms with Gasteiger partial charge in [0, 0.05) is 62.8 Å². The zero-order valence-electron chi connectivity index (χ0n) is 32.1. The Morgan fingerprint density at radius 1 is 0.596 bits per heavy atom. The molecule has 1 fully saturated rings. The normalized spacial score (nSPS) is 17.9. The second kappa shape index (κ2) is 13.0. The molecule has 0 saturated carbocycles. The summed E-state index contributed by atoms with van der Waals surface area (Å²) in [6.07, 6.45) is 4.61. The van der Waals surface area contributed by atoms with Gasteiger partial charge in [0.05, 0.1) is 24.4 Å². The van der Waals surface area contributed by atoms with Crippen molar-refractivity contribution in [1.29, 1.82) is 0 Å². The topological polar surface area (TPSA) is 47.5 Å². The molecule has 11 rings (SSSR count). The molecule has 5 heteroatoms. The van der Waals surface area contributed by atoms with E-state index < -0.39 is 5.60 Å². The Hall–Kier alpha value is -6.56. The number of hydrogen-bond acceptors (Lipinski definition) is 5. The van der Waals surface area contributed by atoms with Crippen molar-refractivity contribution >= 4 is 33.4 Å². The monoisotopic (exact) mass is 739 g/mol. The van der Waals surface area contributed by atoms with E-state index in [0.717, 1.165) is 81.9 Å². The van der Waals surface area contributed by atoms with E-state index in [0.29, 0.717) is 5.82 Å². The lowest BCUT2D eigenvalue weighted by Crippen LogP contribution is -2.37. The molecule has 1 saturated heterocycles. The molecule has 1 aromatic heterocycles. The molecule has 3 aliphatic rings. The van der Waals surface area contributed by atoms with E-state index in [4.69, 9.17) is 19.4 Å². The Kier molecular flexibility index (Phi) is 7.70. The standard InChI is InChI=1S/C52H41N3O2/c1-51(2)44-18-10-8-16-41(44)46-39-14-6-7-15-40(39)49-43(47(46)51)28-29-52(57-49,37-24-26-38(27-25-37)55-30-32-56-33-31-55)36-22-20-35(21-23-36)50-53-45-19-11-9-17-42(45)48(54-50)34-12-4-3-5-13-34/h3-29H,30-33H2,1-2H3. The largest absolute Gasteiger partial charge is 0.472 e. The maximum absolute atomic E-state index is 7.64. The first kappa shape index (κ1) is 33.8. The van der Waals surface area contributed by atoms with Crippen molar-refractivity contribution in [2.45, 2.75) is 24.9 Å². The lowest BCUT2D eigenvalue weighted by Gasteiger charge is -2.39. The third-order valence-corrected chi connectivity index (χ3v) is 12.3. The summed E-state index contributed by atoms with van der Waals surface area (Å²) in [6.45, 7) is 7.95. The number of anilines is 1. The molecule has 57 heavy (non-hydrogen) atoms. The fourth-order valence-corrected chi connectivity index (χ4v) is 9.51. The Morgan fingerprint density at radius 2 is 1.25 bits per heavy atom. The summed E-state index contributed by atoms with van der Waals surface area (Å²) in [5.74, 6) is 1.61. The van der Waals surface area contributed by atoms with Crippen molar-refractivity contribution in [3.63, 3.8) is 0 Å². The highest BCUT2D eigenvalue weighted by atomic mass is 16.5. The number of nitrogens with zero attached hydrogens (tertiary/aromatic N) is 3. The Bertz CT molecular complexity index is 2880. The van der Waals surface area contributed by atoms with Crippen LogP contribution in [0.3, 0.4) is 0 Å². The van der Waals surface area contributed by atoms with Gasteiger partial charge in [0.2, 0.25) is 0 Å². The van der Waals surface area contributed by atoms with Crippen molar-refractivity contribution in [2.24, 2.45) is 0 Å². The van der Waals surface area contributed by atoms with Crippen LogP contribution >= 0.6 is 0 Å². The third-order valence-electron chi connectivity index (χ3n) is 12.3. The quantitative estimate of drug-likeness (QED) is 0.176. The number of rotatable bonds is 5. The van der Waals surface area contributed by atoms with E-state index >= 15 is 0 Å². The summed E-state index contributed by atoms with van der Waals surface area (Å²) in [6, 6.07) is 53.9. The van der Waals surface area contributed by atoms with Gasteiger partial charge >= 0.3 is 0 Å². The van der Waals surface area contributed by atoms with Gasteiger partial charge in [0.1, 0.15) is 5.75 Å². The summed E-state index contributed by atoms with van der Waals surface area (Å²) in [5, 5.41) is 3.37. The van der Waals surface area contributed by atoms with Crippen LogP contribution in [0.25, 0.3) is 61.5 Å². The zero-order valence-corrected chi connectivity index (χ0v) is 32.1. The van der Waals surface area contributed by atoms with Gasteiger partial charge in [-0.3, -0.25) is 0 Å². The molecule has 1 atom stereocenters. The number of benzene rings is 7. The number of aromatic nitrogens is 2. The van der Waals surface area contributed by atoms with Gasteiger partial charge in [-0.25, -0.2) is 9.97 Å². The van der Waals surface area contributed by atoms with E-state index in [1.54, 1.807) is 0 Å². The van der Waals surface area contributed by atoms with Gasteiger partial charge in [-0.1, -0.05) is 153 Å². The predicted molar refractivity (Wildman–Crippen MR) is 232 cm³/mol. The molecule has 3 heterocycles. The first-order chi connectivity index (χ1) is 28.0. The first-order valence-electron chi connectivity index (χ1n) is 19.9. The molecule has 5 nitrogen and oxygen atoms in total. The van der Waals surface area contributed by atoms with Crippen LogP contribution in [-0.2, 0) is 15.8 Å². The molecule has 2 aliphatic heterocycles. The van der Waals surface area contributed by atoms with E-state index in [1.807, 2.05) is 18.2 Å². The van der Waals surface area contributed by atoms with Gasteiger partial charge in [0.15, 0.2) is 11.4 Å². The van der Waals surface area contributed by atoms with Gasteiger partial charge in [0.25, 0.3) is 0 Å². The van der Waals surface area contributed by atoms with Crippen molar-refractivity contribution < 1.29 is 9.47 Å².